The molecule has 1 aliphatic rings. The maximum atomic E-state index is 12.8. The van der Waals surface area contributed by atoms with Crippen LogP contribution in [0.25, 0.3) is 0 Å². The monoisotopic (exact) mass is 334 g/mol. The van der Waals surface area contributed by atoms with Gasteiger partial charge in [0.2, 0.25) is 0 Å². The summed E-state index contributed by atoms with van der Waals surface area (Å²) < 4.78 is 10.4. The van der Waals surface area contributed by atoms with E-state index in [1.165, 1.54) is 4.90 Å². The van der Waals surface area contributed by atoms with Crippen LogP contribution >= 0.6 is 0 Å². The Hall–Kier alpha value is -3.26. The molecule has 0 bridgehead atoms. The number of nitrogens with zero attached hydrogens (tertiary/aromatic N) is 2. The molecule has 0 aliphatic carbocycles. The second kappa shape index (κ2) is 6.33. The molecule has 2 aromatic rings. The first-order chi connectivity index (χ1) is 12.1. The average molecular weight is 334 g/mol. The first-order valence-electron chi connectivity index (χ1n) is 7.78. The van der Waals surface area contributed by atoms with E-state index in [9.17, 15) is 10.1 Å². The smallest absolute Gasteiger partial charge is 0.255 e. The van der Waals surface area contributed by atoms with Gasteiger partial charge in [0.25, 0.3) is 5.91 Å². The molecule has 0 aromatic heterocycles. The zero-order valence-electron chi connectivity index (χ0n) is 14.2. The lowest BCUT2D eigenvalue weighted by molar-refractivity contribution is -0.114. The maximum absolute atomic E-state index is 12.8. The summed E-state index contributed by atoms with van der Waals surface area (Å²) in [6.07, 6.45) is 0.238. The summed E-state index contributed by atoms with van der Waals surface area (Å²) in [6.45, 7) is 3.86. The van der Waals surface area contributed by atoms with E-state index in [0.29, 0.717) is 28.3 Å². The molecule has 0 saturated carbocycles. The van der Waals surface area contributed by atoms with Gasteiger partial charge in [0.05, 0.1) is 20.3 Å². The van der Waals surface area contributed by atoms with Gasteiger partial charge in [-0.15, -0.1) is 0 Å². The van der Waals surface area contributed by atoms with E-state index >= 15 is 0 Å². The van der Waals surface area contributed by atoms with Crippen LogP contribution in [0.3, 0.4) is 0 Å². The standard InChI is InChI=1S/C20H18N2O3/c1-14-12-20(13-21,15-5-4-6-18(11-15)25-3)22(19(14)23)16-7-9-17(24-2)10-8-16/h4-11H,1,12H2,2-3H3. The SMILES string of the molecule is C=C1CC(C#N)(c2cccc(OC)c2)N(c2ccc(OC)cc2)C1=O. The van der Waals surface area contributed by atoms with E-state index in [0.717, 1.165) is 0 Å². The summed E-state index contributed by atoms with van der Waals surface area (Å²) in [5, 5.41) is 10.1. The van der Waals surface area contributed by atoms with Crippen LogP contribution in [-0.4, -0.2) is 20.1 Å². The lowest BCUT2D eigenvalue weighted by atomic mass is 9.87. The van der Waals surface area contributed by atoms with Crippen molar-refractivity contribution in [2.24, 2.45) is 0 Å². The van der Waals surface area contributed by atoms with Crippen LogP contribution in [0.2, 0.25) is 0 Å². The minimum atomic E-state index is -1.16. The Morgan fingerprint density at radius 1 is 1.12 bits per heavy atom. The van der Waals surface area contributed by atoms with Gasteiger partial charge in [-0.3, -0.25) is 9.69 Å². The summed E-state index contributed by atoms with van der Waals surface area (Å²) in [5.74, 6) is 1.06. The molecule has 126 valence electrons. The van der Waals surface area contributed by atoms with Gasteiger partial charge in [0, 0.05) is 17.7 Å². The lowest BCUT2D eigenvalue weighted by Crippen LogP contribution is -2.42. The summed E-state index contributed by atoms with van der Waals surface area (Å²) in [6, 6.07) is 16.6. The van der Waals surface area contributed by atoms with Gasteiger partial charge in [-0.1, -0.05) is 18.7 Å². The lowest BCUT2D eigenvalue weighted by Gasteiger charge is -2.32. The van der Waals surface area contributed by atoms with Crippen molar-refractivity contribution in [3.63, 3.8) is 0 Å². The fourth-order valence-electron chi connectivity index (χ4n) is 3.13. The first kappa shape index (κ1) is 16.6. The fourth-order valence-corrected chi connectivity index (χ4v) is 3.13. The van der Waals surface area contributed by atoms with Crippen LogP contribution in [0.4, 0.5) is 5.69 Å². The molecule has 1 fully saturated rings. The zero-order valence-corrected chi connectivity index (χ0v) is 14.2. The number of methoxy groups -OCH3 is 2. The summed E-state index contributed by atoms with van der Waals surface area (Å²) in [4.78, 5) is 14.3. The molecule has 2 aromatic carbocycles. The van der Waals surface area contributed by atoms with Crippen molar-refractivity contribution in [3.05, 3.63) is 66.2 Å². The molecule has 1 amide bonds. The minimum absolute atomic E-state index is 0.238. The highest BCUT2D eigenvalue weighted by Gasteiger charge is 2.50. The number of rotatable bonds is 4. The molecule has 5 nitrogen and oxygen atoms in total. The van der Waals surface area contributed by atoms with Crippen LogP contribution in [0, 0.1) is 11.3 Å². The number of hydrogen-bond acceptors (Lipinski definition) is 4. The first-order valence-corrected chi connectivity index (χ1v) is 7.78. The van der Waals surface area contributed by atoms with E-state index in [1.54, 1.807) is 50.6 Å². The topological polar surface area (TPSA) is 62.6 Å². The number of benzene rings is 2. The molecule has 25 heavy (non-hydrogen) atoms. The van der Waals surface area contributed by atoms with E-state index in [1.807, 2.05) is 12.1 Å². The maximum Gasteiger partial charge on any atom is 0.255 e. The number of hydrogen-bond donors (Lipinski definition) is 0. The van der Waals surface area contributed by atoms with Crippen molar-refractivity contribution in [1.29, 1.82) is 5.26 Å². The van der Waals surface area contributed by atoms with Crippen molar-refractivity contribution in [3.8, 4) is 17.6 Å². The minimum Gasteiger partial charge on any atom is -0.497 e. The van der Waals surface area contributed by atoms with Crippen molar-refractivity contribution in [1.82, 2.24) is 0 Å². The number of ether oxygens (including phenoxy) is 2. The molecular formula is C20H18N2O3. The van der Waals surface area contributed by atoms with Gasteiger partial charge < -0.3 is 9.47 Å². The van der Waals surface area contributed by atoms with Crippen LogP contribution in [-0.2, 0) is 10.3 Å². The second-order valence-electron chi connectivity index (χ2n) is 5.82. The van der Waals surface area contributed by atoms with E-state index < -0.39 is 5.54 Å². The zero-order chi connectivity index (χ0) is 18.0. The van der Waals surface area contributed by atoms with Crippen molar-refractivity contribution in [2.45, 2.75) is 12.0 Å². The molecular weight excluding hydrogens is 316 g/mol. The van der Waals surface area contributed by atoms with Gasteiger partial charge in [-0.25, -0.2) is 0 Å². The second-order valence-corrected chi connectivity index (χ2v) is 5.82. The largest absolute Gasteiger partial charge is 0.497 e. The Morgan fingerprint density at radius 2 is 1.80 bits per heavy atom. The predicted octanol–water partition coefficient (Wildman–Crippen LogP) is 3.42. The average Bonchev–Trinajstić information content (AvgIpc) is 2.93. The number of carbonyl (C=O) groups excluding carboxylic acids is 1. The summed E-state index contributed by atoms with van der Waals surface area (Å²) in [5.41, 5.74) is 0.559. The van der Waals surface area contributed by atoms with E-state index in [2.05, 4.69) is 12.6 Å². The van der Waals surface area contributed by atoms with Gasteiger partial charge in [-0.2, -0.15) is 5.26 Å². The molecule has 0 N–H and O–H groups in total. The molecule has 5 heteroatoms. The number of nitriles is 1. The van der Waals surface area contributed by atoms with Crippen molar-refractivity contribution >= 4 is 11.6 Å². The molecule has 1 heterocycles. The third-order valence-corrected chi connectivity index (χ3v) is 4.42. The Kier molecular flexibility index (Phi) is 4.20. The van der Waals surface area contributed by atoms with Crippen LogP contribution in [0.1, 0.15) is 12.0 Å². The number of anilines is 1. The van der Waals surface area contributed by atoms with Gasteiger partial charge >= 0.3 is 0 Å². The Bertz CT molecular complexity index is 867. The predicted molar refractivity (Wildman–Crippen MR) is 94.5 cm³/mol. The highest BCUT2D eigenvalue weighted by Crippen LogP contribution is 2.45. The normalized spacial score (nSPS) is 19.6. The van der Waals surface area contributed by atoms with Gasteiger partial charge in [0.1, 0.15) is 11.5 Å². The summed E-state index contributed by atoms with van der Waals surface area (Å²) in [7, 11) is 3.14. The molecule has 0 spiro atoms. The van der Waals surface area contributed by atoms with Gasteiger partial charge in [-0.05, 0) is 42.0 Å². The third-order valence-electron chi connectivity index (χ3n) is 4.42. The Morgan fingerprint density at radius 3 is 2.40 bits per heavy atom. The molecule has 1 unspecified atom stereocenters. The van der Waals surface area contributed by atoms with Crippen LogP contribution in [0.15, 0.2) is 60.7 Å². The number of amides is 1. The van der Waals surface area contributed by atoms with Crippen molar-refractivity contribution < 1.29 is 14.3 Å². The van der Waals surface area contributed by atoms with E-state index in [4.69, 9.17) is 9.47 Å². The molecule has 1 saturated heterocycles. The van der Waals surface area contributed by atoms with Gasteiger partial charge in [0.15, 0.2) is 5.54 Å². The van der Waals surface area contributed by atoms with Crippen LogP contribution < -0.4 is 14.4 Å². The van der Waals surface area contributed by atoms with E-state index in [-0.39, 0.29) is 12.3 Å². The van der Waals surface area contributed by atoms with Crippen molar-refractivity contribution in [2.75, 3.05) is 19.1 Å². The quantitative estimate of drug-likeness (QED) is 0.804. The molecule has 1 aliphatic heterocycles. The molecule has 1 atom stereocenters. The Labute approximate surface area is 146 Å². The molecule has 3 rings (SSSR count). The number of carbonyl (C=O) groups is 1. The highest BCUT2D eigenvalue weighted by molar-refractivity contribution is 6.10. The highest BCUT2D eigenvalue weighted by atomic mass is 16.5. The summed E-state index contributed by atoms with van der Waals surface area (Å²) >= 11 is 0. The fraction of sp³-hybridized carbons (Fsp3) is 0.200. The van der Waals surface area contributed by atoms with Crippen LogP contribution in [0.5, 0.6) is 11.5 Å². The Balaban J connectivity index is 2.16. The third kappa shape index (κ3) is 2.62. The molecule has 0 radical (unpaired) electrons.